The van der Waals surface area contributed by atoms with E-state index in [1.807, 2.05) is 45.2 Å². The van der Waals surface area contributed by atoms with E-state index < -0.39 is 5.60 Å². The number of ether oxygens (including phenoxy) is 1. The van der Waals surface area contributed by atoms with Crippen LogP contribution in [-0.4, -0.2) is 40.7 Å². The number of amides is 1. The summed E-state index contributed by atoms with van der Waals surface area (Å²) in [6.45, 7) is 7.03. The summed E-state index contributed by atoms with van der Waals surface area (Å²) in [7, 11) is 0. The molecule has 1 amide bonds. The van der Waals surface area contributed by atoms with Crippen molar-refractivity contribution in [1.82, 2.24) is 9.88 Å². The Labute approximate surface area is 136 Å². The van der Waals surface area contributed by atoms with Gasteiger partial charge in [0.2, 0.25) is 0 Å². The van der Waals surface area contributed by atoms with Crippen molar-refractivity contribution in [2.45, 2.75) is 38.8 Å². The van der Waals surface area contributed by atoms with E-state index >= 15 is 0 Å². The van der Waals surface area contributed by atoms with Gasteiger partial charge in [0.1, 0.15) is 5.60 Å². The standard InChI is InChI=1S/C18H23N3O2/c1-18(2,3)23-17(22)21-9-8-14(12-21)20-15-10-13-6-4-5-7-16(13)19-11-15/h4-7,10-11,14,20H,8-9,12H2,1-3H3. The Hall–Kier alpha value is -2.30. The monoisotopic (exact) mass is 313 g/mol. The number of anilines is 1. The number of hydrogen-bond acceptors (Lipinski definition) is 4. The Morgan fingerprint density at radius 2 is 2.13 bits per heavy atom. The maximum Gasteiger partial charge on any atom is 0.410 e. The Balaban J connectivity index is 1.61. The molecule has 0 radical (unpaired) electrons. The number of nitrogens with one attached hydrogen (secondary N) is 1. The molecule has 2 aromatic rings. The fraction of sp³-hybridized carbons (Fsp3) is 0.444. The van der Waals surface area contributed by atoms with Crippen molar-refractivity contribution in [2.75, 3.05) is 18.4 Å². The number of nitrogens with zero attached hydrogens (tertiary/aromatic N) is 2. The van der Waals surface area contributed by atoms with Gasteiger partial charge in [0.15, 0.2) is 0 Å². The van der Waals surface area contributed by atoms with Gasteiger partial charge >= 0.3 is 6.09 Å². The molecular weight excluding hydrogens is 290 g/mol. The van der Waals surface area contributed by atoms with Gasteiger partial charge in [-0.15, -0.1) is 0 Å². The molecule has 5 heteroatoms. The number of carbonyl (C=O) groups is 1. The van der Waals surface area contributed by atoms with Crippen molar-refractivity contribution in [1.29, 1.82) is 0 Å². The van der Waals surface area contributed by atoms with Crippen molar-refractivity contribution < 1.29 is 9.53 Å². The second kappa shape index (κ2) is 6.07. The maximum atomic E-state index is 12.1. The molecule has 0 bridgehead atoms. The summed E-state index contributed by atoms with van der Waals surface area (Å²) >= 11 is 0. The molecule has 0 spiro atoms. The van der Waals surface area contributed by atoms with E-state index in [0.29, 0.717) is 13.1 Å². The van der Waals surface area contributed by atoms with E-state index in [1.54, 1.807) is 4.90 Å². The molecule has 1 aromatic heterocycles. The number of likely N-dealkylation sites (tertiary alicyclic amines) is 1. The third-order valence-electron chi connectivity index (χ3n) is 3.80. The third kappa shape index (κ3) is 3.92. The van der Waals surface area contributed by atoms with Crippen LogP contribution < -0.4 is 5.32 Å². The zero-order valence-corrected chi connectivity index (χ0v) is 13.9. The minimum Gasteiger partial charge on any atom is -0.444 e. The first-order chi connectivity index (χ1) is 10.9. The van der Waals surface area contributed by atoms with Crippen LogP contribution >= 0.6 is 0 Å². The summed E-state index contributed by atoms with van der Waals surface area (Å²) in [5, 5.41) is 4.58. The predicted molar refractivity (Wildman–Crippen MR) is 91.6 cm³/mol. The van der Waals surface area contributed by atoms with Crippen LogP contribution in [0, 0.1) is 0 Å². The van der Waals surface area contributed by atoms with Gasteiger partial charge < -0.3 is 15.0 Å². The number of rotatable bonds is 2. The van der Waals surface area contributed by atoms with Gasteiger partial charge in [-0.1, -0.05) is 18.2 Å². The molecule has 1 unspecified atom stereocenters. The summed E-state index contributed by atoms with van der Waals surface area (Å²) in [5.41, 5.74) is 1.52. The molecule has 1 aromatic carbocycles. The van der Waals surface area contributed by atoms with Crippen molar-refractivity contribution >= 4 is 22.7 Å². The minimum atomic E-state index is -0.454. The van der Waals surface area contributed by atoms with Crippen LogP contribution in [0.5, 0.6) is 0 Å². The largest absolute Gasteiger partial charge is 0.444 e. The number of aromatic nitrogens is 1. The molecule has 0 aliphatic carbocycles. The maximum absolute atomic E-state index is 12.1. The molecule has 2 heterocycles. The molecule has 23 heavy (non-hydrogen) atoms. The van der Waals surface area contributed by atoms with Gasteiger partial charge in [-0.2, -0.15) is 0 Å². The average molecular weight is 313 g/mol. The van der Waals surface area contributed by atoms with Gasteiger partial charge in [0.25, 0.3) is 0 Å². The molecule has 1 fully saturated rings. The Kier molecular flexibility index (Phi) is 4.11. The van der Waals surface area contributed by atoms with Gasteiger partial charge in [-0.25, -0.2) is 4.79 Å². The molecule has 5 nitrogen and oxygen atoms in total. The van der Waals surface area contributed by atoms with Gasteiger partial charge in [0.05, 0.1) is 17.4 Å². The summed E-state index contributed by atoms with van der Waals surface area (Å²) in [5.74, 6) is 0. The highest BCUT2D eigenvalue weighted by molar-refractivity contribution is 5.81. The van der Waals surface area contributed by atoms with E-state index in [2.05, 4.69) is 22.4 Å². The first-order valence-electron chi connectivity index (χ1n) is 8.00. The molecule has 1 N–H and O–H groups in total. The zero-order chi connectivity index (χ0) is 16.4. The van der Waals surface area contributed by atoms with E-state index in [1.165, 1.54) is 0 Å². The lowest BCUT2D eigenvalue weighted by atomic mass is 10.2. The van der Waals surface area contributed by atoms with Crippen molar-refractivity contribution in [3.8, 4) is 0 Å². The van der Waals surface area contributed by atoms with Crippen LogP contribution in [0.25, 0.3) is 10.9 Å². The predicted octanol–water partition coefficient (Wildman–Crippen LogP) is 3.66. The molecule has 1 aliphatic heterocycles. The number of benzene rings is 1. The molecule has 1 saturated heterocycles. The van der Waals surface area contributed by atoms with E-state index in [4.69, 9.17) is 4.74 Å². The summed E-state index contributed by atoms with van der Waals surface area (Å²) in [4.78, 5) is 18.3. The van der Waals surface area contributed by atoms with Crippen LogP contribution in [0.15, 0.2) is 36.5 Å². The smallest absolute Gasteiger partial charge is 0.410 e. The van der Waals surface area contributed by atoms with E-state index in [0.717, 1.165) is 23.0 Å². The molecule has 1 aliphatic rings. The minimum absolute atomic E-state index is 0.227. The topological polar surface area (TPSA) is 54.5 Å². The molecule has 122 valence electrons. The lowest BCUT2D eigenvalue weighted by molar-refractivity contribution is 0.0293. The highest BCUT2D eigenvalue weighted by Gasteiger charge is 2.29. The quantitative estimate of drug-likeness (QED) is 0.919. The first kappa shape index (κ1) is 15.6. The number of para-hydroxylation sites is 1. The molecule has 3 rings (SSSR count). The van der Waals surface area contributed by atoms with Gasteiger partial charge in [-0.05, 0) is 39.3 Å². The number of pyridine rings is 1. The van der Waals surface area contributed by atoms with Crippen LogP contribution in [0.4, 0.5) is 10.5 Å². The number of carbonyl (C=O) groups excluding carboxylic acids is 1. The number of fused-ring (bicyclic) bond motifs is 1. The lowest BCUT2D eigenvalue weighted by Gasteiger charge is -2.24. The summed E-state index contributed by atoms with van der Waals surface area (Å²) in [6.07, 6.45) is 2.52. The second-order valence-electron chi connectivity index (χ2n) is 6.97. The van der Waals surface area contributed by atoms with Crippen molar-refractivity contribution in [3.63, 3.8) is 0 Å². The number of hydrogen-bond donors (Lipinski definition) is 1. The molecule has 0 saturated carbocycles. The van der Waals surface area contributed by atoms with Gasteiger partial charge in [0, 0.05) is 24.5 Å². The highest BCUT2D eigenvalue weighted by Crippen LogP contribution is 2.21. The summed E-state index contributed by atoms with van der Waals surface area (Å²) < 4.78 is 5.42. The Morgan fingerprint density at radius 3 is 2.91 bits per heavy atom. The van der Waals surface area contributed by atoms with Crippen LogP contribution in [0.3, 0.4) is 0 Å². The average Bonchev–Trinajstić information content (AvgIpc) is 2.94. The van der Waals surface area contributed by atoms with Crippen molar-refractivity contribution in [2.24, 2.45) is 0 Å². The highest BCUT2D eigenvalue weighted by atomic mass is 16.6. The van der Waals surface area contributed by atoms with Crippen LogP contribution in [0.2, 0.25) is 0 Å². The second-order valence-corrected chi connectivity index (χ2v) is 6.97. The van der Waals surface area contributed by atoms with E-state index in [9.17, 15) is 4.79 Å². The summed E-state index contributed by atoms with van der Waals surface area (Å²) in [6, 6.07) is 10.4. The van der Waals surface area contributed by atoms with E-state index in [-0.39, 0.29) is 12.1 Å². The SMILES string of the molecule is CC(C)(C)OC(=O)N1CCC(Nc2cnc3ccccc3c2)C1. The molecule has 1 atom stereocenters. The Bertz CT molecular complexity index is 709. The fourth-order valence-electron chi connectivity index (χ4n) is 2.76. The van der Waals surface area contributed by atoms with Gasteiger partial charge in [-0.3, -0.25) is 4.98 Å². The first-order valence-corrected chi connectivity index (χ1v) is 8.00. The third-order valence-corrected chi connectivity index (χ3v) is 3.80. The van der Waals surface area contributed by atoms with Crippen molar-refractivity contribution in [3.05, 3.63) is 36.5 Å². The lowest BCUT2D eigenvalue weighted by Crippen LogP contribution is -2.36. The normalized spacial score (nSPS) is 18.2. The fourth-order valence-corrected chi connectivity index (χ4v) is 2.76. The Morgan fingerprint density at radius 1 is 1.35 bits per heavy atom. The molecular formula is C18H23N3O2. The zero-order valence-electron chi connectivity index (χ0n) is 13.9. The van der Waals surface area contributed by atoms with Crippen LogP contribution in [0.1, 0.15) is 27.2 Å². The van der Waals surface area contributed by atoms with Crippen LogP contribution in [-0.2, 0) is 4.74 Å².